The van der Waals surface area contributed by atoms with Gasteiger partial charge < -0.3 is 0 Å². The van der Waals surface area contributed by atoms with Gasteiger partial charge in [0.05, 0.1) is 16.7 Å². The van der Waals surface area contributed by atoms with Gasteiger partial charge in [-0.1, -0.05) is 51.1 Å². The summed E-state index contributed by atoms with van der Waals surface area (Å²) >= 11 is 0. The molecule has 0 saturated heterocycles. The maximum Gasteiger partial charge on any atom is 0.269 e. The number of nitro benzene ring substituents is 1. The number of nitrogens with zero attached hydrogens (tertiary/aromatic N) is 3. The number of nitro groups is 1. The van der Waals surface area contributed by atoms with Crippen LogP contribution in [0.3, 0.4) is 0 Å². The molecule has 1 aliphatic rings. The van der Waals surface area contributed by atoms with Crippen LogP contribution < -0.4 is 5.01 Å². The molecule has 0 spiro atoms. The van der Waals surface area contributed by atoms with E-state index < -0.39 is 0 Å². The van der Waals surface area contributed by atoms with Gasteiger partial charge in [0.2, 0.25) is 0 Å². The Balaban J connectivity index is 1.99. The lowest BCUT2D eigenvalue weighted by atomic mass is 9.86. The van der Waals surface area contributed by atoms with Gasteiger partial charge in [-0.3, -0.25) is 15.1 Å². The molecular formula is C19H21N3O2. The van der Waals surface area contributed by atoms with Crippen molar-refractivity contribution >= 4 is 17.1 Å². The number of hydrogen-bond acceptors (Lipinski definition) is 4. The molecule has 0 fully saturated rings. The first-order valence-corrected chi connectivity index (χ1v) is 8.03. The molecule has 0 aliphatic carbocycles. The van der Waals surface area contributed by atoms with Crippen LogP contribution in [-0.4, -0.2) is 10.6 Å². The quantitative estimate of drug-likeness (QED) is 0.593. The Kier molecular flexibility index (Phi) is 4.09. The Morgan fingerprint density at radius 3 is 2.25 bits per heavy atom. The largest absolute Gasteiger partial charge is 0.269 e. The molecule has 0 amide bonds. The molecule has 0 aromatic heterocycles. The summed E-state index contributed by atoms with van der Waals surface area (Å²) in [5.74, 6) is 0. The van der Waals surface area contributed by atoms with E-state index in [0.29, 0.717) is 0 Å². The first-order valence-electron chi connectivity index (χ1n) is 8.03. The van der Waals surface area contributed by atoms with Gasteiger partial charge in [-0.2, -0.15) is 5.10 Å². The van der Waals surface area contributed by atoms with Crippen molar-refractivity contribution in [2.24, 2.45) is 10.5 Å². The van der Waals surface area contributed by atoms with Crippen molar-refractivity contribution < 1.29 is 4.92 Å². The second-order valence-corrected chi connectivity index (χ2v) is 7.05. The molecule has 1 atom stereocenters. The summed E-state index contributed by atoms with van der Waals surface area (Å²) < 4.78 is 0. The number of hydrogen-bond donors (Lipinski definition) is 0. The standard InChI is InChI=1S/C19H21N3O2/c1-19(2,3)18-13-17(14-7-5-4-6-8-14)21(20-18)15-9-11-16(12-10-15)22(23)24/h4-12,17H,13H2,1-3H3/t17-/m1/s1. The highest BCUT2D eigenvalue weighted by Crippen LogP contribution is 2.39. The minimum Gasteiger partial charge on any atom is -0.258 e. The predicted molar refractivity (Wildman–Crippen MR) is 96.3 cm³/mol. The normalized spacial score (nSPS) is 17.7. The van der Waals surface area contributed by atoms with Gasteiger partial charge in [-0.25, -0.2) is 0 Å². The van der Waals surface area contributed by atoms with E-state index in [0.717, 1.165) is 17.8 Å². The molecule has 3 rings (SSSR count). The van der Waals surface area contributed by atoms with Gasteiger partial charge in [0.25, 0.3) is 5.69 Å². The smallest absolute Gasteiger partial charge is 0.258 e. The van der Waals surface area contributed by atoms with E-state index in [9.17, 15) is 10.1 Å². The fourth-order valence-electron chi connectivity index (χ4n) is 2.87. The summed E-state index contributed by atoms with van der Waals surface area (Å²) in [6.45, 7) is 6.48. The number of benzene rings is 2. The average Bonchev–Trinajstić information content (AvgIpc) is 3.01. The van der Waals surface area contributed by atoms with Gasteiger partial charge in [0, 0.05) is 29.7 Å². The Morgan fingerprint density at radius 1 is 1.08 bits per heavy atom. The zero-order valence-electron chi connectivity index (χ0n) is 14.1. The summed E-state index contributed by atoms with van der Waals surface area (Å²) in [6, 6.07) is 17.0. The Labute approximate surface area is 141 Å². The molecule has 2 aromatic carbocycles. The minimum atomic E-state index is -0.383. The van der Waals surface area contributed by atoms with Crippen molar-refractivity contribution in [3.05, 3.63) is 70.3 Å². The molecule has 5 nitrogen and oxygen atoms in total. The molecule has 0 radical (unpaired) electrons. The summed E-state index contributed by atoms with van der Waals surface area (Å²) in [7, 11) is 0. The molecule has 1 aliphatic heterocycles. The van der Waals surface area contributed by atoms with Gasteiger partial charge in [0.15, 0.2) is 0 Å². The molecule has 1 heterocycles. The van der Waals surface area contributed by atoms with E-state index in [1.165, 1.54) is 17.7 Å². The number of rotatable bonds is 3. The SMILES string of the molecule is CC(C)(C)C1=NN(c2ccc([N+](=O)[O-])cc2)[C@@H](c2ccccc2)C1. The molecule has 24 heavy (non-hydrogen) atoms. The molecule has 0 bridgehead atoms. The van der Waals surface area contributed by atoms with Gasteiger partial charge in [-0.05, 0) is 17.7 Å². The van der Waals surface area contributed by atoms with Gasteiger partial charge >= 0.3 is 0 Å². The highest BCUT2D eigenvalue weighted by atomic mass is 16.6. The summed E-state index contributed by atoms with van der Waals surface area (Å²) in [5.41, 5.74) is 3.28. The summed E-state index contributed by atoms with van der Waals surface area (Å²) in [4.78, 5) is 10.5. The fraction of sp³-hybridized carbons (Fsp3) is 0.316. The van der Waals surface area contributed by atoms with E-state index in [1.807, 2.05) is 23.2 Å². The van der Waals surface area contributed by atoms with Crippen molar-refractivity contribution in [1.82, 2.24) is 0 Å². The van der Waals surface area contributed by atoms with Gasteiger partial charge in [0.1, 0.15) is 0 Å². The van der Waals surface area contributed by atoms with Crippen molar-refractivity contribution in [2.75, 3.05) is 5.01 Å². The summed E-state index contributed by atoms with van der Waals surface area (Å²) in [6.07, 6.45) is 0.852. The van der Waals surface area contributed by atoms with E-state index in [-0.39, 0.29) is 22.1 Å². The van der Waals surface area contributed by atoms with Crippen molar-refractivity contribution in [1.29, 1.82) is 0 Å². The van der Waals surface area contributed by atoms with Crippen LogP contribution in [0.25, 0.3) is 0 Å². The molecule has 0 unspecified atom stereocenters. The predicted octanol–water partition coefficient (Wildman–Crippen LogP) is 4.95. The lowest BCUT2D eigenvalue weighted by molar-refractivity contribution is -0.384. The average molecular weight is 323 g/mol. The molecule has 0 saturated carbocycles. The molecular weight excluding hydrogens is 302 g/mol. The highest BCUT2D eigenvalue weighted by molar-refractivity contribution is 5.93. The molecule has 5 heteroatoms. The second kappa shape index (κ2) is 6.07. The summed E-state index contributed by atoms with van der Waals surface area (Å²) in [5, 5.41) is 17.7. The van der Waals surface area contributed by atoms with E-state index >= 15 is 0 Å². The fourth-order valence-corrected chi connectivity index (χ4v) is 2.87. The van der Waals surface area contributed by atoms with Crippen molar-refractivity contribution in [3.8, 4) is 0 Å². The van der Waals surface area contributed by atoms with Crippen molar-refractivity contribution in [2.45, 2.75) is 33.2 Å². The third-order valence-corrected chi connectivity index (χ3v) is 4.29. The van der Waals surface area contributed by atoms with E-state index in [4.69, 9.17) is 5.10 Å². The van der Waals surface area contributed by atoms with Crippen LogP contribution in [0.4, 0.5) is 11.4 Å². The van der Waals surface area contributed by atoms with Crippen LogP contribution in [-0.2, 0) is 0 Å². The number of hydrazone groups is 1. The van der Waals surface area contributed by atoms with Crippen LogP contribution in [0, 0.1) is 15.5 Å². The first-order chi connectivity index (χ1) is 11.4. The zero-order chi connectivity index (χ0) is 17.3. The molecule has 0 N–H and O–H groups in total. The lowest BCUT2D eigenvalue weighted by Gasteiger charge is -2.24. The third kappa shape index (κ3) is 3.15. The lowest BCUT2D eigenvalue weighted by Crippen LogP contribution is -2.19. The Bertz CT molecular complexity index is 761. The molecule has 2 aromatic rings. The van der Waals surface area contributed by atoms with Crippen molar-refractivity contribution in [3.63, 3.8) is 0 Å². The first kappa shape index (κ1) is 16.2. The van der Waals surface area contributed by atoms with Crippen LogP contribution >= 0.6 is 0 Å². The maximum atomic E-state index is 10.9. The monoisotopic (exact) mass is 323 g/mol. The van der Waals surface area contributed by atoms with E-state index in [2.05, 4.69) is 32.9 Å². The number of non-ortho nitro benzene ring substituents is 1. The Morgan fingerprint density at radius 2 is 1.71 bits per heavy atom. The molecule has 124 valence electrons. The highest BCUT2D eigenvalue weighted by Gasteiger charge is 2.34. The van der Waals surface area contributed by atoms with Gasteiger partial charge in [-0.15, -0.1) is 0 Å². The minimum absolute atomic E-state index is 0.0114. The van der Waals surface area contributed by atoms with E-state index in [1.54, 1.807) is 12.1 Å². The number of anilines is 1. The van der Waals surface area contributed by atoms with Crippen LogP contribution in [0.15, 0.2) is 59.7 Å². The second-order valence-electron chi connectivity index (χ2n) is 7.05. The Hall–Kier alpha value is -2.69. The van der Waals surface area contributed by atoms with Crippen LogP contribution in [0.5, 0.6) is 0 Å². The van der Waals surface area contributed by atoms with Crippen LogP contribution in [0.2, 0.25) is 0 Å². The maximum absolute atomic E-state index is 10.9. The third-order valence-electron chi connectivity index (χ3n) is 4.29. The topological polar surface area (TPSA) is 58.7 Å². The van der Waals surface area contributed by atoms with Crippen LogP contribution in [0.1, 0.15) is 38.8 Å². The zero-order valence-corrected chi connectivity index (χ0v) is 14.1.